The molecule has 1 atom stereocenters. The van der Waals surface area contributed by atoms with Crippen molar-refractivity contribution in [2.45, 2.75) is 19.4 Å². The van der Waals surface area contributed by atoms with Crippen LogP contribution in [-0.4, -0.2) is 4.57 Å². The molecule has 2 heterocycles. The summed E-state index contributed by atoms with van der Waals surface area (Å²) in [6.45, 7) is 2.16. The molecule has 1 unspecified atom stereocenters. The van der Waals surface area contributed by atoms with Crippen molar-refractivity contribution in [3.05, 3.63) is 126 Å². The summed E-state index contributed by atoms with van der Waals surface area (Å²) in [5, 5.41) is 4.93. The zero-order valence-corrected chi connectivity index (χ0v) is 20.6. The van der Waals surface area contributed by atoms with Crippen LogP contribution in [0, 0.1) is 6.92 Å². The maximum atomic E-state index is 6.06. The zero-order valence-electron chi connectivity index (χ0n) is 20.6. The largest absolute Gasteiger partial charge is 0.456 e. The minimum atomic E-state index is 0.289. The quantitative estimate of drug-likeness (QED) is 0.243. The van der Waals surface area contributed by atoms with Gasteiger partial charge in [0.25, 0.3) is 0 Å². The van der Waals surface area contributed by atoms with Crippen molar-refractivity contribution in [3.63, 3.8) is 0 Å². The van der Waals surface area contributed by atoms with Gasteiger partial charge in [0.2, 0.25) is 0 Å². The Labute approximate surface area is 215 Å². The molecule has 2 aromatic heterocycles. The molecule has 0 N–H and O–H groups in total. The van der Waals surface area contributed by atoms with Gasteiger partial charge in [-0.05, 0) is 72.0 Å². The number of hydrogen-bond donors (Lipinski definition) is 0. The Balaban J connectivity index is 1.30. The van der Waals surface area contributed by atoms with Crippen LogP contribution < -0.4 is 0 Å². The fourth-order valence-electron chi connectivity index (χ4n) is 6.19. The summed E-state index contributed by atoms with van der Waals surface area (Å²) < 4.78 is 8.59. The molecule has 1 aliphatic carbocycles. The molecule has 37 heavy (non-hydrogen) atoms. The van der Waals surface area contributed by atoms with Gasteiger partial charge in [0.1, 0.15) is 11.2 Å². The van der Waals surface area contributed by atoms with Crippen molar-refractivity contribution in [1.29, 1.82) is 0 Å². The average molecular weight is 476 g/mol. The van der Waals surface area contributed by atoms with Crippen molar-refractivity contribution in [2.75, 3.05) is 0 Å². The highest BCUT2D eigenvalue weighted by Gasteiger charge is 2.21. The first-order valence-corrected chi connectivity index (χ1v) is 12.9. The van der Waals surface area contributed by atoms with Gasteiger partial charge in [-0.2, -0.15) is 0 Å². The predicted octanol–water partition coefficient (Wildman–Crippen LogP) is 9.48. The number of rotatable bonds is 2. The molecule has 5 aromatic carbocycles. The molecular formula is C35H25NO. The maximum absolute atomic E-state index is 6.06. The van der Waals surface area contributed by atoms with Crippen LogP contribution in [0.25, 0.3) is 60.9 Å². The fourth-order valence-corrected chi connectivity index (χ4v) is 6.19. The van der Waals surface area contributed by atoms with E-state index in [2.05, 4.69) is 115 Å². The molecule has 176 valence electrons. The Bertz CT molecular complexity index is 2030. The van der Waals surface area contributed by atoms with Gasteiger partial charge < -0.3 is 8.98 Å². The summed E-state index contributed by atoms with van der Waals surface area (Å²) in [6, 6.07) is 37.7. The Kier molecular flexibility index (Phi) is 4.30. The van der Waals surface area contributed by atoms with E-state index in [1.807, 2.05) is 12.1 Å². The van der Waals surface area contributed by atoms with Crippen molar-refractivity contribution in [2.24, 2.45) is 0 Å². The van der Waals surface area contributed by atoms with E-state index in [1.54, 1.807) is 0 Å². The predicted molar refractivity (Wildman–Crippen MR) is 155 cm³/mol. The van der Waals surface area contributed by atoms with Crippen molar-refractivity contribution < 1.29 is 4.42 Å². The normalized spacial score (nSPS) is 15.2. The van der Waals surface area contributed by atoms with E-state index < -0.39 is 0 Å². The highest BCUT2D eigenvalue weighted by molar-refractivity contribution is 6.10. The molecule has 8 rings (SSSR count). The summed E-state index contributed by atoms with van der Waals surface area (Å²) in [7, 11) is 0. The van der Waals surface area contributed by atoms with Crippen LogP contribution in [0.15, 0.2) is 114 Å². The van der Waals surface area contributed by atoms with Gasteiger partial charge >= 0.3 is 0 Å². The molecule has 7 aromatic rings. The monoisotopic (exact) mass is 475 g/mol. The van der Waals surface area contributed by atoms with Gasteiger partial charge in [-0.1, -0.05) is 84.4 Å². The van der Waals surface area contributed by atoms with E-state index in [0.717, 1.165) is 28.4 Å². The summed E-state index contributed by atoms with van der Waals surface area (Å²) in [5.74, 6) is 0. The number of nitrogens with zero attached hydrogens (tertiary/aromatic N) is 1. The second kappa shape index (κ2) is 7.72. The second-order valence-electron chi connectivity index (χ2n) is 10.3. The van der Waals surface area contributed by atoms with Crippen LogP contribution in [0.1, 0.15) is 22.7 Å². The molecule has 0 saturated heterocycles. The summed E-state index contributed by atoms with van der Waals surface area (Å²) in [5.41, 5.74) is 11.0. The third kappa shape index (κ3) is 3.12. The Morgan fingerprint density at radius 2 is 1.38 bits per heavy atom. The first-order valence-electron chi connectivity index (χ1n) is 12.9. The van der Waals surface area contributed by atoms with Gasteiger partial charge in [0.15, 0.2) is 0 Å². The molecule has 0 saturated carbocycles. The molecule has 0 amide bonds. The highest BCUT2D eigenvalue weighted by Crippen LogP contribution is 2.39. The number of benzene rings is 5. The molecule has 0 radical (unpaired) electrons. The van der Waals surface area contributed by atoms with Crippen LogP contribution >= 0.6 is 0 Å². The number of aromatic nitrogens is 1. The smallest absolute Gasteiger partial charge is 0.135 e. The van der Waals surface area contributed by atoms with Crippen LogP contribution in [0.5, 0.6) is 0 Å². The molecule has 0 spiro atoms. The van der Waals surface area contributed by atoms with Crippen molar-refractivity contribution in [3.8, 4) is 11.1 Å². The lowest BCUT2D eigenvalue weighted by atomic mass is 9.92. The van der Waals surface area contributed by atoms with Gasteiger partial charge in [0.05, 0.1) is 6.04 Å². The first kappa shape index (κ1) is 20.6. The van der Waals surface area contributed by atoms with Crippen LogP contribution in [-0.2, 0) is 6.42 Å². The minimum absolute atomic E-state index is 0.289. The molecular weight excluding hydrogens is 450 g/mol. The lowest BCUT2D eigenvalue weighted by molar-refractivity contribution is 0.635. The molecule has 2 nitrogen and oxygen atoms in total. The first-order chi connectivity index (χ1) is 18.2. The lowest BCUT2D eigenvalue weighted by Gasteiger charge is -2.23. The fraction of sp³-hybridized carbons (Fsp3) is 0.0857. The van der Waals surface area contributed by atoms with Gasteiger partial charge in [0, 0.05) is 32.6 Å². The number of fused-ring (bicyclic) bond motifs is 7. The molecule has 0 fully saturated rings. The Hall–Kier alpha value is -4.56. The van der Waals surface area contributed by atoms with Gasteiger partial charge in [-0.15, -0.1) is 0 Å². The molecule has 1 aliphatic rings. The lowest BCUT2D eigenvalue weighted by Crippen LogP contribution is -2.13. The Morgan fingerprint density at radius 3 is 2.30 bits per heavy atom. The van der Waals surface area contributed by atoms with E-state index in [0.29, 0.717) is 0 Å². The highest BCUT2D eigenvalue weighted by atomic mass is 16.3. The number of para-hydroxylation sites is 2. The SMILES string of the molecule is Cc1ccc2c(c1)C=CC(n1c3ccccc3c3cc(-c4ccc5oc6ccccc6c5c4)ccc31)C2. The van der Waals surface area contributed by atoms with E-state index in [9.17, 15) is 0 Å². The number of hydrogen-bond acceptors (Lipinski definition) is 1. The van der Waals surface area contributed by atoms with E-state index in [4.69, 9.17) is 4.42 Å². The Morgan fingerprint density at radius 1 is 0.649 bits per heavy atom. The third-order valence-corrected chi connectivity index (χ3v) is 7.98. The van der Waals surface area contributed by atoms with E-state index in [-0.39, 0.29) is 6.04 Å². The standard InChI is InChI=1S/C35H25NO/c1-22-10-11-24-19-27(15-12-23(24)18-22)36-32-8-4-2-6-28(32)30-20-25(13-16-33(30)36)26-14-17-35-31(21-26)29-7-3-5-9-34(29)37-35/h2-18,20-21,27H,19H2,1H3. The minimum Gasteiger partial charge on any atom is -0.456 e. The number of aryl methyl sites for hydroxylation is 1. The molecule has 0 aliphatic heterocycles. The van der Waals surface area contributed by atoms with Crippen molar-refractivity contribution >= 4 is 49.8 Å². The van der Waals surface area contributed by atoms with Gasteiger partial charge in [-0.25, -0.2) is 0 Å². The van der Waals surface area contributed by atoms with Crippen LogP contribution in [0.4, 0.5) is 0 Å². The third-order valence-electron chi connectivity index (χ3n) is 7.98. The van der Waals surface area contributed by atoms with E-state index in [1.165, 1.54) is 49.6 Å². The summed E-state index contributed by atoms with van der Waals surface area (Å²) >= 11 is 0. The van der Waals surface area contributed by atoms with E-state index >= 15 is 0 Å². The van der Waals surface area contributed by atoms with Crippen LogP contribution in [0.2, 0.25) is 0 Å². The summed E-state index contributed by atoms with van der Waals surface area (Å²) in [6.07, 6.45) is 5.68. The zero-order chi connectivity index (χ0) is 24.5. The summed E-state index contributed by atoms with van der Waals surface area (Å²) in [4.78, 5) is 0. The molecule has 0 bridgehead atoms. The van der Waals surface area contributed by atoms with Crippen molar-refractivity contribution in [1.82, 2.24) is 4.57 Å². The average Bonchev–Trinajstić information content (AvgIpc) is 3.48. The maximum Gasteiger partial charge on any atom is 0.135 e. The number of furan rings is 1. The second-order valence-corrected chi connectivity index (χ2v) is 10.3. The molecule has 2 heteroatoms. The van der Waals surface area contributed by atoms with Gasteiger partial charge in [-0.3, -0.25) is 0 Å². The van der Waals surface area contributed by atoms with Crippen LogP contribution in [0.3, 0.4) is 0 Å². The topological polar surface area (TPSA) is 18.1 Å². The number of allylic oxidation sites excluding steroid dienone is 1.